The van der Waals surface area contributed by atoms with Crippen molar-refractivity contribution in [1.29, 1.82) is 0 Å². The molecule has 0 saturated heterocycles. The van der Waals surface area contributed by atoms with E-state index in [0.29, 0.717) is 12.3 Å². The number of carbonyl (C=O) groups is 1. The summed E-state index contributed by atoms with van der Waals surface area (Å²) in [5.74, 6) is 0.926. The van der Waals surface area contributed by atoms with Crippen LogP contribution in [0.4, 0.5) is 0 Å². The Morgan fingerprint density at radius 1 is 1.36 bits per heavy atom. The zero-order chi connectivity index (χ0) is 16.1. The van der Waals surface area contributed by atoms with Crippen LogP contribution in [0.25, 0.3) is 0 Å². The molecule has 2 saturated carbocycles. The molecule has 2 aliphatic rings. The van der Waals surface area contributed by atoms with Crippen LogP contribution in [0.1, 0.15) is 51.9 Å². The Morgan fingerprint density at radius 2 is 2.14 bits per heavy atom. The zero-order valence-corrected chi connectivity index (χ0v) is 13.8. The molecule has 1 N–H and O–H groups in total. The van der Waals surface area contributed by atoms with E-state index in [1.807, 2.05) is 6.08 Å². The normalized spacial score (nSPS) is 32.6. The topological polar surface area (TPSA) is 37.3 Å². The van der Waals surface area contributed by atoms with Gasteiger partial charge in [-0.2, -0.15) is 0 Å². The van der Waals surface area contributed by atoms with Gasteiger partial charge >= 0.3 is 0 Å². The van der Waals surface area contributed by atoms with Crippen LogP contribution in [0.15, 0.2) is 37.0 Å². The first-order valence-electron chi connectivity index (χ1n) is 8.79. The second kappa shape index (κ2) is 7.92. The number of hydrogen-bond acceptors (Lipinski definition) is 2. The monoisotopic (exact) mass is 302 g/mol. The van der Waals surface area contributed by atoms with Crippen molar-refractivity contribution in [1.82, 2.24) is 0 Å². The number of aliphatic hydroxyl groups is 1. The highest BCUT2D eigenvalue weighted by Gasteiger charge is 2.49. The molecule has 1 unspecified atom stereocenters. The SMILES string of the molecule is C=CC(C=C[C@H]1[C@@H]2CC(=C)C(=O)[C@H]2C[C@H]1O)CCCCCC. The van der Waals surface area contributed by atoms with Gasteiger partial charge in [-0.3, -0.25) is 4.79 Å². The van der Waals surface area contributed by atoms with Gasteiger partial charge in [-0.1, -0.05) is 57.4 Å². The summed E-state index contributed by atoms with van der Waals surface area (Å²) >= 11 is 0. The third-order valence-corrected chi connectivity index (χ3v) is 5.39. The van der Waals surface area contributed by atoms with Crippen molar-refractivity contribution in [3.05, 3.63) is 37.0 Å². The van der Waals surface area contributed by atoms with Crippen molar-refractivity contribution in [3.63, 3.8) is 0 Å². The van der Waals surface area contributed by atoms with Crippen molar-refractivity contribution in [2.24, 2.45) is 23.7 Å². The van der Waals surface area contributed by atoms with Crippen molar-refractivity contribution >= 4 is 5.78 Å². The lowest BCUT2D eigenvalue weighted by Crippen LogP contribution is -2.16. The Morgan fingerprint density at radius 3 is 2.82 bits per heavy atom. The fourth-order valence-corrected chi connectivity index (χ4v) is 4.01. The molecule has 22 heavy (non-hydrogen) atoms. The molecule has 0 spiro atoms. The molecule has 0 heterocycles. The number of Topliss-reactive ketones (excluding diaryl/α,β-unsaturated/α-hetero) is 1. The van der Waals surface area contributed by atoms with Gasteiger partial charge in [-0.15, -0.1) is 6.58 Å². The van der Waals surface area contributed by atoms with Crippen molar-refractivity contribution in [2.45, 2.75) is 58.0 Å². The summed E-state index contributed by atoms with van der Waals surface area (Å²) in [6.07, 6.45) is 13.5. The highest BCUT2D eigenvalue weighted by atomic mass is 16.3. The molecule has 2 fully saturated rings. The molecular weight excluding hydrogens is 272 g/mol. The van der Waals surface area contributed by atoms with E-state index >= 15 is 0 Å². The molecule has 2 aliphatic carbocycles. The Balaban J connectivity index is 1.91. The van der Waals surface area contributed by atoms with Crippen molar-refractivity contribution in [3.8, 4) is 0 Å². The maximum Gasteiger partial charge on any atom is 0.161 e. The lowest BCUT2D eigenvalue weighted by molar-refractivity contribution is -0.118. The minimum absolute atomic E-state index is 0.00360. The van der Waals surface area contributed by atoms with Crippen LogP contribution in [-0.4, -0.2) is 17.0 Å². The van der Waals surface area contributed by atoms with Crippen LogP contribution in [0.2, 0.25) is 0 Å². The first-order chi connectivity index (χ1) is 10.6. The number of aliphatic hydroxyl groups excluding tert-OH is 1. The van der Waals surface area contributed by atoms with Gasteiger partial charge in [0.05, 0.1) is 6.10 Å². The van der Waals surface area contributed by atoms with Gasteiger partial charge < -0.3 is 5.11 Å². The van der Waals surface area contributed by atoms with E-state index in [4.69, 9.17) is 0 Å². The number of allylic oxidation sites excluding steroid dienone is 3. The standard InChI is InChI=1S/C20H30O2/c1-4-6-7-8-9-15(5-2)10-11-16-17-12-14(3)20(22)18(17)13-19(16)21/h5,10-11,15-19,21H,2-4,6-9,12-13H2,1H3/t15?,16-,17-,18-,19+/m0/s1. The quantitative estimate of drug-likeness (QED) is 0.408. The number of carbonyl (C=O) groups excluding carboxylic acids is 1. The predicted octanol–water partition coefficient (Wildman–Crippen LogP) is 4.46. The fraction of sp³-hybridized carbons (Fsp3) is 0.650. The Kier molecular flexibility index (Phi) is 6.19. The van der Waals surface area contributed by atoms with Crippen LogP contribution in [0, 0.1) is 23.7 Å². The average molecular weight is 302 g/mol. The van der Waals surface area contributed by atoms with E-state index in [1.165, 1.54) is 25.7 Å². The number of unbranched alkanes of at least 4 members (excludes halogenated alkanes) is 3. The van der Waals surface area contributed by atoms with Crippen molar-refractivity contribution in [2.75, 3.05) is 0 Å². The summed E-state index contributed by atoms with van der Waals surface area (Å²) in [4.78, 5) is 12.0. The van der Waals surface area contributed by atoms with Crippen LogP contribution in [-0.2, 0) is 4.79 Å². The predicted molar refractivity (Wildman–Crippen MR) is 91.4 cm³/mol. The Labute approximate surface area is 135 Å². The summed E-state index contributed by atoms with van der Waals surface area (Å²) in [6, 6.07) is 0. The molecule has 0 aromatic rings. The molecule has 0 amide bonds. The molecule has 5 atom stereocenters. The molecule has 2 heteroatoms. The number of rotatable bonds is 8. The molecule has 0 aliphatic heterocycles. The Hall–Kier alpha value is -1.15. The van der Waals surface area contributed by atoms with Crippen LogP contribution < -0.4 is 0 Å². The molecular formula is C20H30O2. The first-order valence-corrected chi connectivity index (χ1v) is 8.79. The second-order valence-electron chi connectivity index (χ2n) is 6.96. The van der Waals surface area contributed by atoms with Gasteiger partial charge in [0.25, 0.3) is 0 Å². The van der Waals surface area contributed by atoms with Gasteiger partial charge in [0.1, 0.15) is 0 Å². The molecule has 2 rings (SSSR count). The maximum atomic E-state index is 12.0. The van der Waals surface area contributed by atoms with Gasteiger partial charge in [0, 0.05) is 11.8 Å². The third-order valence-electron chi connectivity index (χ3n) is 5.39. The summed E-state index contributed by atoms with van der Waals surface area (Å²) in [7, 11) is 0. The van der Waals surface area contributed by atoms with E-state index in [2.05, 4.69) is 32.2 Å². The number of fused-ring (bicyclic) bond motifs is 1. The van der Waals surface area contributed by atoms with E-state index in [1.54, 1.807) is 0 Å². The average Bonchev–Trinajstić information content (AvgIpc) is 2.95. The highest BCUT2D eigenvalue weighted by molar-refractivity contribution is 5.99. The molecule has 2 nitrogen and oxygen atoms in total. The molecule has 0 bridgehead atoms. The summed E-state index contributed by atoms with van der Waals surface area (Å²) < 4.78 is 0. The van der Waals surface area contributed by atoms with Crippen LogP contribution >= 0.6 is 0 Å². The largest absolute Gasteiger partial charge is 0.392 e. The van der Waals surface area contributed by atoms with Gasteiger partial charge in [0.2, 0.25) is 0 Å². The second-order valence-corrected chi connectivity index (χ2v) is 6.96. The summed E-state index contributed by atoms with van der Waals surface area (Å²) in [5, 5.41) is 10.3. The smallest absolute Gasteiger partial charge is 0.161 e. The molecule has 0 radical (unpaired) electrons. The summed E-state index contributed by atoms with van der Waals surface area (Å²) in [5.41, 5.74) is 0.750. The Bertz CT molecular complexity index is 449. The fourth-order valence-electron chi connectivity index (χ4n) is 4.01. The lowest BCUT2D eigenvalue weighted by atomic mass is 9.89. The minimum Gasteiger partial charge on any atom is -0.392 e. The number of hydrogen-bond donors (Lipinski definition) is 1. The van der Waals surface area contributed by atoms with Gasteiger partial charge in [-0.25, -0.2) is 0 Å². The number of ketones is 1. The maximum absolute atomic E-state index is 12.0. The van der Waals surface area contributed by atoms with E-state index in [9.17, 15) is 9.90 Å². The first kappa shape index (κ1) is 17.2. The van der Waals surface area contributed by atoms with Gasteiger partial charge in [-0.05, 0) is 36.7 Å². The third kappa shape index (κ3) is 3.78. The molecule has 0 aromatic carbocycles. The molecule has 0 aromatic heterocycles. The van der Waals surface area contributed by atoms with E-state index in [0.717, 1.165) is 18.4 Å². The van der Waals surface area contributed by atoms with Gasteiger partial charge in [0.15, 0.2) is 5.78 Å². The van der Waals surface area contributed by atoms with E-state index < -0.39 is 0 Å². The molecule has 122 valence electrons. The van der Waals surface area contributed by atoms with Crippen LogP contribution in [0.3, 0.4) is 0 Å². The van der Waals surface area contributed by atoms with Crippen molar-refractivity contribution < 1.29 is 9.90 Å². The summed E-state index contributed by atoms with van der Waals surface area (Å²) in [6.45, 7) is 10.0. The van der Waals surface area contributed by atoms with Crippen LogP contribution in [0.5, 0.6) is 0 Å². The highest BCUT2D eigenvalue weighted by Crippen LogP contribution is 2.48. The lowest BCUT2D eigenvalue weighted by Gasteiger charge is -2.17. The van der Waals surface area contributed by atoms with E-state index in [-0.39, 0.29) is 29.6 Å². The zero-order valence-electron chi connectivity index (χ0n) is 13.8. The minimum atomic E-state index is -0.381.